The Balaban J connectivity index is 2.88. The lowest BCUT2D eigenvalue weighted by molar-refractivity contribution is -0.138. The van der Waals surface area contributed by atoms with E-state index in [1.54, 1.807) is 12.1 Å². The number of amides is 1. The van der Waals surface area contributed by atoms with Gasteiger partial charge in [0.1, 0.15) is 11.8 Å². The summed E-state index contributed by atoms with van der Waals surface area (Å²) < 4.78 is 30.3. The minimum absolute atomic E-state index is 0.236. The SMILES string of the molecule is CC(C)Cc1cccc(C(=O)NC(CS(=O)(=O)O)C(=O)O)c1. The minimum Gasteiger partial charge on any atom is -0.480 e. The molecule has 1 aromatic carbocycles. The predicted octanol–water partition coefficient (Wildman–Crippen LogP) is 0.956. The van der Waals surface area contributed by atoms with Crippen LogP contribution in [0.15, 0.2) is 24.3 Å². The van der Waals surface area contributed by atoms with E-state index in [2.05, 4.69) is 5.32 Å². The highest BCUT2D eigenvalue weighted by Gasteiger charge is 2.26. The number of carboxylic acids is 1. The highest BCUT2D eigenvalue weighted by molar-refractivity contribution is 7.85. The second-order valence-electron chi connectivity index (χ2n) is 5.41. The topological polar surface area (TPSA) is 121 Å². The van der Waals surface area contributed by atoms with Crippen LogP contribution >= 0.6 is 0 Å². The number of aliphatic carboxylic acids is 1. The summed E-state index contributed by atoms with van der Waals surface area (Å²) >= 11 is 0. The number of nitrogens with one attached hydrogen (secondary N) is 1. The molecule has 0 saturated carbocycles. The maximum absolute atomic E-state index is 12.0. The molecule has 0 aromatic heterocycles. The predicted molar refractivity (Wildman–Crippen MR) is 80.3 cm³/mol. The Bertz CT molecular complexity index is 653. The summed E-state index contributed by atoms with van der Waals surface area (Å²) in [6.07, 6.45) is 0.758. The number of carbonyl (C=O) groups is 2. The van der Waals surface area contributed by atoms with Crippen molar-refractivity contribution in [2.24, 2.45) is 5.92 Å². The van der Waals surface area contributed by atoms with E-state index in [1.165, 1.54) is 6.07 Å². The fourth-order valence-corrected chi connectivity index (χ4v) is 2.58. The van der Waals surface area contributed by atoms with E-state index in [9.17, 15) is 18.0 Å². The minimum atomic E-state index is -4.52. The van der Waals surface area contributed by atoms with Gasteiger partial charge in [0.25, 0.3) is 16.0 Å². The molecule has 1 atom stereocenters. The quantitative estimate of drug-likeness (QED) is 0.641. The third-order valence-corrected chi connectivity index (χ3v) is 3.57. The summed E-state index contributed by atoms with van der Waals surface area (Å²) in [5.74, 6) is -2.93. The molecule has 7 nitrogen and oxygen atoms in total. The highest BCUT2D eigenvalue weighted by atomic mass is 32.2. The normalized spacial score (nSPS) is 12.9. The smallest absolute Gasteiger partial charge is 0.327 e. The molecule has 0 fully saturated rings. The molecule has 122 valence electrons. The third-order valence-electron chi connectivity index (χ3n) is 2.81. The van der Waals surface area contributed by atoms with Crippen LogP contribution in [0.1, 0.15) is 29.8 Å². The van der Waals surface area contributed by atoms with Gasteiger partial charge in [0.2, 0.25) is 0 Å². The van der Waals surface area contributed by atoms with E-state index in [0.717, 1.165) is 12.0 Å². The van der Waals surface area contributed by atoms with Crippen LogP contribution in [0.3, 0.4) is 0 Å². The molecule has 0 saturated heterocycles. The maximum Gasteiger partial charge on any atom is 0.327 e. The van der Waals surface area contributed by atoms with E-state index in [-0.39, 0.29) is 5.56 Å². The van der Waals surface area contributed by atoms with Gasteiger partial charge in [0.15, 0.2) is 0 Å². The van der Waals surface area contributed by atoms with Gasteiger partial charge < -0.3 is 10.4 Å². The van der Waals surface area contributed by atoms with Gasteiger partial charge in [-0.05, 0) is 30.0 Å². The van der Waals surface area contributed by atoms with Crippen molar-refractivity contribution in [3.63, 3.8) is 0 Å². The number of carboxylic acid groups (broad SMARTS) is 1. The Kier molecular flexibility index (Phi) is 6.07. The zero-order valence-corrected chi connectivity index (χ0v) is 13.1. The second-order valence-corrected chi connectivity index (χ2v) is 6.91. The van der Waals surface area contributed by atoms with Crippen molar-refractivity contribution >= 4 is 22.0 Å². The largest absolute Gasteiger partial charge is 0.480 e. The monoisotopic (exact) mass is 329 g/mol. The molecule has 0 aliphatic carbocycles. The Morgan fingerprint density at radius 3 is 2.41 bits per heavy atom. The molecule has 0 aliphatic rings. The van der Waals surface area contributed by atoms with Crippen LogP contribution in [0, 0.1) is 5.92 Å². The average molecular weight is 329 g/mol. The zero-order chi connectivity index (χ0) is 16.9. The average Bonchev–Trinajstić information content (AvgIpc) is 2.35. The summed E-state index contributed by atoms with van der Waals surface area (Å²) in [6, 6.07) is 4.94. The molecule has 3 N–H and O–H groups in total. The molecule has 1 aromatic rings. The Morgan fingerprint density at radius 2 is 1.91 bits per heavy atom. The van der Waals surface area contributed by atoms with Crippen LogP contribution in [-0.4, -0.2) is 41.7 Å². The van der Waals surface area contributed by atoms with Crippen LogP contribution in [0.4, 0.5) is 0 Å². The van der Waals surface area contributed by atoms with E-state index in [4.69, 9.17) is 9.66 Å². The molecular formula is C14H19NO6S. The molecule has 1 amide bonds. The van der Waals surface area contributed by atoms with Crippen molar-refractivity contribution in [2.75, 3.05) is 5.75 Å². The molecular weight excluding hydrogens is 310 g/mol. The first-order valence-corrected chi connectivity index (χ1v) is 8.27. The Labute approximate surface area is 129 Å². The van der Waals surface area contributed by atoms with Gasteiger partial charge in [-0.25, -0.2) is 4.79 Å². The summed E-state index contributed by atoms with van der Waals surface area (Å²) in [4.78, 5) is 23.0. The van der Waals surface area contributed by atoms with Crippen LogP contribution in [0.25, 0.3) is 0 Å². The van der Waals surface area contributed by atoms with E-state index in [1.807, 2.05) is 19.9 Å². The van der Waals surface area contributed by atoms with Crippen LogP contribution < -0.4 is 5.32 Å². The van der Waals surface area contributed by atoms with Gasteiger partial charge in [-0.2, -0.15) is 8.42 Å². The van der Waals surface area contributed by atoms with Crippen LogP contribution in [-0.2, 0) is 21.3 Å². The molecule has 0 heterocycles. The molecule has 0 bridgehead atoms. The summed E-state index contributed by atoms with van der Waals surface area (Å²) in [5, 5.41) is 11.0. The first-order chi connectivity index (χ1) is 10.1. The Hall–Kier alpha value is -1.93. The number of rotatable bonds is 7. The van der Waals surface area contributed by atoms with Gasteiger partial charge in [-0.1, -0.05) is 26.0 Å². The van der Waals surface area contributed by atoms with Crippen LogP contribution in [0.5, 0.6) is 0 Å². The maximum atomic E-state index is 12.0. The Morgan fingerprint density at radius 1 is 1.27 bits per heavy atom. The van der Waals surface area contributed by atoms with Gasteiger partial charge in [0, 0.05) is 5.56 Å². The lowest BCUT2D eigenvalue weighted by Gasteiger charge is -2.13. The van der Waals surface area contributed by atoms with Gasteiger partial charge in [0.05, 0.1) is 0 Å². The first kappa shape index (κ1) is 18.1. The standard InChI is InChI=1S/C14H19NO6S/c1-9(2)6-10-4-3-5-11(7-10)13(16)15-12(14(17)18)8-22(19,20)21/h3-5,7,9,12H,6,8H2,1-2H3,(H,15,16)(H,17,18)(H,19,20,21). The third kappa shape index (κ3) is 6.23. The van der Waals surface area contributed by atoms with Crippen molar-refractivity contribution in [3.05, 3.63) is 35.4 Å². The lowest BCUT2D eigenvalue weighted by atomic mass is 10.0. The van der Waals surface area contributed by atoms with Gasteiger partial charge in [-0.3, -0.25) is 9.35 Å². The molecule has 1 unspecified atom stereocenters. The molecule has 0 aliphatic heterocycles. The highest BCUT2D eigenvalue weighted by Crippen LogP contribution is 2.11. The van der Waals surface area contributed by atoms with E-state index < -0.39 is 33.8 Å². The van der Waals surface area contributed by atoms with Gasteiger partial charge >= 0.3 is 5.97 Å². The van der Waals surface area contributed by atoms with Crippen molar-refractivity contribution in [2.45, 2.75) is 26.3 Å². The second kappa shape index (κ2) is 7.37. The molecule has 22 heavy (non-hydrogen) atoms. The number of hydrogen-bond donors (Lipinski definition) is 3. The van der Waals surface area contributed by atoms with Crippen molar-refractivity contribution in [1.29, 1.82) is 0 Å². The van der Waals surface area contributed by atoms with Crippen molar-refractivity contribution in [1.82, 2.24) is 5.32 Å². The van der Waals surface area contributed by atoms with Crippen LogP contribution in [0.2, 0.25) is 0 Å². The first-order valence-electron chi connectivity index (χ1n) is 6.66. The van der Waals surface area contributed by atoms with Crippen molar-refractivity contribution < 1.29 is 27.7 Å². The van der Waals surface area contributed by atoms with E-state index >= 15 is 0 Å². The number of carbonyl (C=O) groups excluding carboxylic acids is 1. The zero-order valence-electron chi connectivity index (χ0n) is 12.3. The summed E-state index contributed by atoms with van der Waals surface area (Å²) in [7, 11) is -4.52. The molecule has 0 spiro atoms. The van der Waals surface area contributed by atoms with E-state index in [0.29, 0.717) is 5.92 Å². The number of benzene rings is 1. The summed E-state index contributed by atoms with van der Waals surface area (Å²) in [5.41, 5.74) is 1.16. The molecule has 1 rings (SSSR count). The fourth-order valence-electron chi connectivity index (χ4n) is 1.94. The summed E-state index contributed by atoms with van der Waals surface area (Å²) in [6.45, 7) is 4.05. The molecule has 8 heteroatoms. The fraction of sp³-hybridized carbons (Fsp3) is 0.429. The van der Waals surface area contributed by atoms with Gasteiger partial charge in [-0.15, -0.1) is 0 Å². The lowest BCUT2D eigenvalue weighted by Crippen LogP contribution is -2.45. The molecule has 0 radical (unpaired) electrons. The number of hydrogen-bond acceptors (Lipinski definition) is 4. The van der Waals surface area contributed by atoms with Crippen molar-refractivity contribution in [3.8, 4) is 0 Å².